The van der Waals surface area contributed by atoms with Gasteiger partial charge in [-0.05, 0) is 80.8 Å². The minimum Gasteiger partial charge on any atom is -0.352 e. The molecular weight excluding hydrogens is 387 g/mol. The maximum atomic E-state index is 13.9. The lowest BCUT2D eigenvalue weighted by atomic mass is 9.48. The lowest BCUT2D eigenvalue weighted by Gasteiger charge is -2.59. The summed E-state index contributed by atoms with van der Waals surface area (Å²) in [6.07, 6.45) is 8.06. The highest BCUT2D eigenvalue weighted by Crippen LogP contribution is 2.61. The van der Waals surface area contributed by atoms with E-state index in [1.54, 1.807) is 18.2 Å². The molecule has 4 aliphatic rings. The number of carbonyl (C=O) groups excluding carboxylic acids is 1. The van der Waals surface area contributed by atoms with Crippen LogP contribution in [0.25, 0.3) is 11.4 Å². The zero-order valence-electron chi connectivity index (χ0n) is 16.7. The van der Waals surface area contributed by atoms with Crippen molar-refractivity contribution in [2.24, 2.45) is 23.2 Å². The number of hydrogen-bond donors (Lipinski definition) is 2. The van der Waals surface area contributed by atoms with Gasteiger partial charge in [0.05, 0.1) is 11.3 Å². The van der Waals surface area contributed by atoms with Crippen LogP contribution in [-0.4, -0.2) is 32.9 Å². The molecule has 1 aromatic carbocycles. The van der Waals surface area contributed by atoms with Gasteiger partial charge < -0.3 is 5.32 Å². The van der Waals surface area contributed by atoms with Gasteiger partial charge in [-0.3, -0.25) is 9.89 Å². The molecule has 0 saturated heterocycles. The highest BCUT2D eigenvalue weighted by molar-refractivity contribution is 7.99. The van der Waals surface area contributed by atoms with Gasteiger partial charge in [0.25, 0.3) is 0 Å². The molecule has 4 aliphatic carbocycles. The Kier molecular flexibility index (Phi) is 4.88. The third kappa shape index (κ3) is 3.69. The number of benzene rings is 1. The monoisotopic (exact) mass is 414 g/mol. The normalized spacial score (nSPS) is 31.0. The molecule has 1 aromatic heterocycles. The maximum absolute atomic E-state index is 13.9. The van der Waals surface area contributed by atoms with Crippen molar-refractivity contribution in [3.8, 4) is 11.4 Å². The van der Waals surface area contributed by atoms with Gasteiger partial charge in [-0.2, -0.15) is 0 Å². The average Bonchev–Trinajstić information content (AvgIpc) is 3.14. The first kappa shape index (κ1) is 19.1. The smallest absolute Gasteiger partial charge is 0.230 e. The molecule has 0 spiro atoms. The number of amides is 1. The first-order chi connectivity index (χ1) is 14.0. The number of aromatic nitrogens is 3. The lowest BCUT2D eigenvalue weighted by Crippen LogP contribution is -2.56. The van der Waals surface area contributed by atoms with Crippen molar-refractivity contribution in [1.29, 1.82) is 0 Å². The summed E-state index contributed by atoms with van der Waals surface area (Å²) < 4.78 is 13.9. The van der Waals surface area contributed by atoms with Crippen LogP contribution in [0.1, 0.15) is 45.4 Å². The van der Waals surface area contributed by atoms with Crippen molar-refractivity contribution >= 4 is 17.7 Å². The third-order valence-electron chi connectivity index (χ3n) is 7.31. The summed E-state index contributed by atoms with van der Waals surface area (Å²) in [4.78, 5) is 16.9. The number of carbonyl (C=O) groups is 1. The van der Waals surface area contributed by atoms with E-state index in [4.69, 9.17) is 0 Å². The SMILES string of the molecule is C[C@@H](NC(=O)CSc1n[nH]c(-c2ccccc2F)n1)C12CC3CC(CC(C3)C1)C2. The topological polar surface area (TPSA) is 70.7 Å². The molecular formula is C22H27FN4OS. The molecule has 2 aromatic rings. The Morgan fingerprint density at radius 2 is 1.90 bits per heavy atom. The van der Waals surface area contributed by atoms with Crippen molar-refractivity contribution in [2.75, 3.05) is 5.75 Å². The zero-order chi connectivity index (χ0) is 20.0. The molecule has 154 valence electrons. The van der Waals surface area contributed by atoms with Crippen LogP contribution in [0.4, 0.5) is 4.39 Å². The number of nitrogens with one attached hydrogen (secondary N) is 2. The first-order valence-corrected chi connectivity index (χ1v) is 11.6. The van der Waals surface area contributed by atoms with Gasteiger partial charge in [0.2, 0.25) is 11.1 Å². The van der Waals surface area contributed by atoms with Crippen LogP contribution in [0.5, 0.6) is 0 Å². The van der Waals surface area contributed by atoms with Crippen LogP contribution in [0.3, 0.4) is 0 Å². The molecule has 1 atom stereocenters. The largest absolute Gasteiger partial charge is 0.352 e. The van der Waals surface area contributed by atoms with Gasteiger partial charge in [0.15, 0.2) is 5.82 Å². The van der Waals surface area contributed by atoms with E-state index in [0.717, 1.165) is 17.8 Å². The standard InChI is InChI=1S/C22H27FN4OS/c1-13(22-9-14-6-15(10-22)8-16(7-14)11-22)24-19(28)12-29-21-25-20(26-27-21)17-4-2-3-5-18(17)23/h2-5,13-16H,6-12H2,1H3,(H,24,28)(H,25,26,27)/t13-,14?,15?,16?,22?/m1/s1. The number of rotatable bonds is 6. The Morgan fingerprint density at radius 1 is 1.24 bits per heavy atom. The molecule has 5 nitrogen and oxygen atoms in total. The summed E-state index contributed by atoms with van der Waals surface area (Å²) in [6, 6.07) is 6.66. The fourth-order valence-electron chi connectivity index (χ4n) is 6.36. The van der Waals surface area contributed by atoms with E-state index in [0.29, 0.717) is 22.0 Å². The molecule has 1 heterocycles. The van der Waals surface area contributed by atoms with Crippen molar-refractivity contribution in [1.82, 2.24) is 20.5 Å². The van der Waals surface area contributed by atoms with Crippen LogP contribution < -0.4 is 5.32 Å². The number of aromatic amines is 1. The molecule has 7 heteroatoms. The molecule has 0 radical (unpaired) electrons. The molecule has 0 aliphatic heterocycles. The van der Waals surface area contributed by atoms with Gasteiger partial charge >= 0.3 is 0 Å². The van der Waals surface area contributed by atoms with Crippen LogP contribution in [0.15, 0.2) is 29.4 Å². The Balaban J connectivity index is 1.17. The summed E-state index contributed by atoms with van der Waals surface area (Å²) in [5.74, 6) is 2.96. The van der Waals surface area contributed by atoms with E-state index < -0.39 is 0 Å². The molecule has 4 bridgehead atoms. The first-order valence-electron chi connectivity index (χ1n) is 10.6. The average molecular weight is 415 g/mol. The third-order valence-corrected chi connectivity index (χ3v) is 8.16. The second-order valence-electron chi connectivity index (χ2n) is 9.30. The Morgan fingerprint density at radius 3 is 2.55 bits per heavy atom. The van der Waals surface area contributed by atoms with E-state index in [1.807, 2.05) is 0 Å². The summed E-state index contributed by atoms with van der Waals surface area (Å²) in [7, 11) is 0. The van der Waals surface area contributed by atoms with E-state index in [-0.39, 0.29) is 23.5 Å². The van der Waals surface area contributed by atoms with Crippen LogP contribution in [0.2, 0.25) is 0 Å². The van der Waals surface area contributed by atoms with E-state index in [1.165, 1.54) is 56.4 Å². The lowest BCUT2D eigenvalue weighted by molar-refractivity contribution is -0.123. The summed E-state index contributed by atoms with van der Waals surface area (Å²) >= 11 is 1.28. The maximum Gasteiger partial charge on any atom is 0.230 e. The van der Waals surface area contributed by atoms with Crippen molar-refractivity contribution < 1.29 is 9.18 Å². The van der Waals surface area contributed by atoms with Gasteiger partial charge in [0.1, 0.15) is 5.82 Å². The summed E-state index contributed by atoms with van der Waals surface area (Å²) in [5, 5.41) is 10.6. The molecule has 1 amide bonds. The van der Waals surface area contributed by atoms with Gasteiger partial charge in [0, 0.05) is 6.04 Å². The zero-order valence-corrected chi connectivity index (χ0v) is 17.5. The van der Waals surface area contributed by atoms with Gasteiger partial charge in [-0.1, -0.05) is 23.9 Å². The predicted molar refractivity (Wildman–Crippen MR) is 111 cm³/mol. The van der Waals surface area contributed by atoms with E-state index in [9.17, 15) is 9.18 Å². The Bertz CT molecular complexity index is 878. The van der Waals surface area contributed by atoms with Gasteiger partial charge in [-0.15, -0.1) is 5.10 Å². The number of thioether (sulfide) groups is 1. The fourth-order valence-corrected chi connectivity index (χ4v) is 6.97. The molecule has 6 rings (SSSR count). The molecule has 0 unspecified atom stereocenters. The van der Waals surface area contributed by atoms with Crippen molar-refractivity contribution in [2.45, 2.75) is 56.6 Å². The van der Waals surface area contributed by atoms with E-state index in [2.05, 4.69) is 27.4 Å². The minimum absolute atomic E-state index is 0.0236. The quantitative estimate of drug-likeness (QED) is 0.687. The molecule has 4 fully saturated rings. The van der Waals surface area contributed by atoms with E-state index >= 15 is 0 Å². The fraction of sp³-hybridized carbons (Fsp3) is 0.591. The second kappa shape index (κ2) is 7.42. The summed E-state index contributed by atoms with van der Waals surface area (Å²) in [6.45, 7) is 2.19. The Labute approximate surface area is 174 Å². The van der Waals surface area contributed by atoms with Crippen molar-refractivity contribution in [3.05, 3.63) is 30.1 Å². The molecule has 2 N–H and O–H groups in total. The van der Waals surface area contributed by atoms with Crippen molar-refractivity contribution in [3.63, 3.8) is 0 Å². The molecule has 4 saturated carbocycles. The van der Waals surface area contributed by atoms with Gasteiger partial charge in [-0.25, -0.2) is 9.37 Å². The number of H-pyrrole nitrogens is 1. The predicted octanol–water partition coefficient (Wildman–Crippen LogP) is 4.42. The highest BCUT2D eigenvalue weighted by Gasteiger charge is 2.53. The minimum atomic E-state index is -0.345. The Hall–Kier alpha value is -1.89. The van der Waals surface area contributed by atoms with Crippen LogP contribution in [-0.2, 0) is 4.79 Å². The number of hydrogen-bond acceptors (Lipinski definition) is 4. The number of nitrogens with zero attached hydrogens (tertiary/aromatic N) is 2. The summed E-state index contributed by atoms with van der Waals surface area (Å²) in [5.41, 5.74) is 0.684. The number of halogens is 1. The van der Waals surface area contributed by atoms with Crippen LogP contribution >= 0.6 is 11.8 Å². The van der Waals surface area contributed by atoms with Crippen LogP contribution in [0, 0.1) is 29.0 Å². The highest BCUT2D eigenvalue weighted by atomic mass is 32.2. The molecule has 29 heavy (non-hydrogen) atoms. The second-order valence-corrected chi connectivity index (χ2v) is 10.2.